The van der Waals surface area contributed by atoms with E-state index in [-0.39, 0.29) is 11.3 Å². The molecule has 3 N–H and O–H groups in total. The van der Waals surface area contributed by atoms with Crippen LogP contribution in [0.2, 0.25) is 5.02 Å². The van der Waals surface area contributed by atoms with E-state index in [4.69, 9.17) is 16.7 Å². The van der Waals surface area contributed by atoms with Crippen LogP contribution in [-0.2, 0) is 4.79 Å². The summed E-state index contributed by atoms with van der Waals surface area (Å²) in [5.74, 6) is -2.05. The largest absolute Gasteiger partial charge is 0.478 e. The normalized spacial score (nSPS) is 11.0. The summed E-state index contributed by atoms with van der Waals surface area (Å²) in [6, 6.07) is 19.5. The number of carbonyl (C=O) groups excluding carboxylic acids is 2. The van der Waals surface area contributed by atoms with Gasteiger partial charge in [0.05, 0.1) is 5.56 Å². The molecule has 0 saturated heterocycles. The predicted octanol–water partition coefficient (Wildman–Crippen LogP) is 4.76. The fourth-order valence-corrected chi connectivity index (χ4v) is 2.80. The van der Waals surface area contributed by atoms with Crippen LogP contribution in [0.15, 0.2) is 78.5 Å². The zero-order chi connectivity index (χ0) is 22.4. The Morgan fingerprint density at radius 3 is 2.00 bits per heavy atom. The van der Waals surface area contributed by atoms with Crippen molar-refractivity contribution in [2.45, 2.75) is 6.92 Å². The molecule has 0 heterocycles. The van der Waals surface area contributed by atoms with Crippen molar-refractivity contribution in [1.29, 1.82) is 0 Å². The van der Waals surface area contributed by atoms with Crippen molar-refractivity contribution in [2.24, 2.45) is 0 Å². The first-order valence-corrected chi connectivity index (χ1v) is 9.69. The van der Waals surface area contributed by atoms with E-state index in [1.165, 1.54) is 30.3 Å². The lowest BCUT2D eigenvalue weighted by atomic mass is 10.1. The molecule has 0 fully saturated rings. The molecule has 3 rings (SSSR count). The molecule has 3 aromatic rings. The van der Waals surface area contributed by atoms with Gasteiger partial charge in [-0.2, -0.15) is 0 Å². The SMILES string of the molecule is Cc1ccc(C(=O)N/C(=C/c2ccc(Cl)cc2)C(=O)Nc2ccc(C(=O)O)cc2)cc1. The van der Waals surface area contributed by atoms with E-state index >= 15 is 0 Å². The lowest BCUT2D eigenvalue weighted by molar-refractivity contribution is -0.113. The van der Waals surface area contributed by atoms with Crippen LogP contribution in [0.25, 0.3) is 6.08 Å². The molecule has 0 saturated carbocycles. The van der Waals surface area contributed by atoms with E-state index in [1.54, 1.807) is 36.4 Å². The highest BCUT2D eigenvalue weighted by atomic mass is 35.5. The predicted molar refractivity (Wildman–Crippen MR) is 120 cm³/mol. The number of carboxylic acids is 1. The highest BCUT2D eigenvalue weighted by Crippen LogP contribution is 2.15. The number of aromatic carboxylic acids is 1. The quantitative estimate of drug-likeness (QED) is 0.487. The molecule has 2 amide bonds. The van der Waals surface area contributed by atoms with E-state index in [9.17, 15) is 14.4 Å². The van der Waals surface area contributed by atoms with E-state index in [0.717, 1.165) is 5.56 Å². The third-order valence-corrected chi connectivity index (χ3v) is 4.63. The van der Waals surface area contributed by atoms with Gasteiger partial charge in [0, 0.05) is 16.3 Å². The van der Waals surface area contributed by atoms with Gasteiger partial charge in [0.1, 0.15) is 5.70 Å². The number of benzene rings is 3. The minimum atomic E-state index is -1.06. The van der Waals surface area contributed by atoms with E-state index in [2.05, 4.69) is 10.6 Å². The van der Waals surface area contributed by atoms with Gasteiger partial charge in [0.15, 0.2) is 0 Å². The smallest absolute Gasteiger partial charge is 0.335 e. The summed E-state index contributed by atoms with van der Waals surface area (Å²) in [4.78, 5) is 36.5. The number of nitrogens with one attached hydrogen (secondary N) is 2. The Bertz CT molecular complexity index is 1140. The van der Waals surface area contributed by atoms with Gasteiger partial charge in [-0.3, -0.25) is 9.59 Å². The highest BCUT2D eigenvalue weighted by Gasteiger charge is 2.15. The van der Waals surface area contributed by atoms with Gasteiger partial charge in [-0.1, -0.05) is 41.4 Å². The minimum absolute atomic E-state index is 0.0233. The van der Waals surface area contributed by atoms with E-state index < -0.39 is 17.8 Å². The number of hydrogen-bond acceptors (Lipinski definition) is 3. The highest BCUT2D eigenvalue weighted by molar-refractivity contribution is 6.30. The molecule has 0 radical (unpaired) electrons. The third-order valence-electron chi connectivity index (χ3n) is 4.38. The molecule has 0 aliphatic carbocycles. The number of rotatable bonds is 6. The van der Waals surface area contributed by atoms with Crippen molar-refractivity contribution < 1.29 is 19.5 Å². The molecule has 156 valence electrons. The topological polar surface area (TPSA) is 95.5 Å². The van der Waals surface area contributed by atoms with Gasteiger partial charge >= 0.3 is 5.97 Å². The molecule has 0 atom stereocenters. The van der Waals surface area contributed by atoms with Crippen LogP contribution in [0.5, 0.6) is 0 Å². The number of halogens is 1. The number of carboxylic acid groups (broad SMARTS) is 1. The van der Waals surface area contributed by atoms with Gasteiger partial charge in [-0.25, -0.2) is 4.79 Å². The molecule has 0 spiro atoms. The second kappa shape index (κ2) is 9.73. The number of hydrogen-bond donors (Lipinski definition) is 3. The van der Waals surface area contributed by atoms with Crippen molar-refractivity contribution in [3.63, 3.8) is 0 Å². The molecule has 0 unspecified atom stereocenters. The number of amides is 2. The van der Waals surface area contributed by atoms with Crippen LogP contribution in [-0.4, -0.2) is 22.9 Å². The van der Waals surface area contributed by atoms with Crippen LogP contribution in [0.4, 0.5) is 5.69 Å². The third kappa shape index (κ3) is 6.04. The van der Waals surface area contributed by atoms with Crippen LogP contribution in [0, 0.1) is 6.92 Å². The van der Waals surface area contributed by atoms with Crippen molar-refractivity contribution in [1.82, 2.24) is 5.32 Å². The first-order chi connectivity index (χ1) is 14.8. The molecular weight excluding hydrogens is 416 g/mol. The first-order valence-electron chi connectivity index (χ1n) is 9.32. The fraction of sp³-hybridized carbons (Fsp3) is 0.0417. The summed E-state index contributed by atoms with van der Waals surface area (Å²) in [6.07, 6.45) is 1.53. The molecule has 6 nitrogen and oxygen atoms in total. The number of carbonyl (C=O) groups is 3. The summed E-state index contributed by atoms with van der Waals surface area (Å²) < 4.78 is 0. The molecule has 3 aromatic carbocycles. The standard InChI is InChI=1S/C24H19ClN2O4/c1-15-2-6-17(7-3-15)22(28)27-21(14-16-4-10-19(25)11-5-16)23(29)26-20-12-8-18(9-13-20)24(30)31/h2-14H,1H3,(H,26,29)(H,27,28)(H,30,31)/b21-14+. The lowest BCUT2D eigenvalue weighted by Gasteiger charge is -2.12. The Hall–Kier alpha value is -3.90. The van der Waals surface area contributed by atoms with Crippen LogP contribution >= 0.6 is 11.6 Å². The Labute approximate surface area is 184 Å². The average Bonchev–Trinajstić information content (AvgIpc) is 2.75. The number of anilines is 1. The van der Waals surface area contributed by atoms with Gasteiger partial charge in [-0.05, 0) is 67.1 Å². The maximum Gasteiger partial charge on any atom is 0.335 e. The molecule has 31 heavy (non-hydrogen) atoms. The molecule has 0 aliphatic heterocycles. The summed E-state index contributed by atoms with van der Waals surface area (Å²) in [5, 5.41) is 14.9. The lowest BCUT2D eigenvalue weighted by Crippen LogP contribution is -2.30. The maximum absolute atomic E-state index is 12.9. The maximum atomic E-state index is 12.9. The monoisotopic (exact) mass is 434 g/mol. The summed E-state index contributed by atoms with van der Waals surface area (Å²) >= 11 is 5.92. The van der Waals surface area contributed by atoms with Gasteiger partial charge < -0.3 is 15.7 Å². The molecule has 0 aliphatic rings. The van der Waals surface area contributed by atoms with Crippen LogP contribution in [0.3, 0.4) is 0 Å². The van der Waals surface area contributed by atoms with Crippen molar-refractivity contribution in [2.75, 3.05) is 5.32 Å². The zero-order valence-corrected chi connectivity index (χ0v) is 17.3. The van der Waals surface area contributed by atoms with Crippen molar-refractivity contribution in [3.05, 3.63) is 106 Å². The molecule has 0 bridgehead atoms. The Morgan fingerprint density at radius 2 is 1.42 bits per heavy atom. The molecule has 0 aromatic heterocycles. The van der Waals surface area contributed by atoms with Gasteiger partial charge in [0.25, 0.3) is 11.8 Å². The van der Waals surface area contributed by atoms with Crippen molar-refractivity contribution in [3.8, 4) is 0 Å². The molecule has 7 heteroatoms. The van der Waals surface area contributed by atoms with Crippen LogP contribution in [0.1, 0.15) is 31.8 Å². The summed E-state index contributed by atoms with van der Waals surface area (Å²) in [5.41, 5.74) is 2.60. The summed E-state index contributed by atoms with van der Waals surface area (Å²) in [7, 11) is 0. The second-order valence-electron chi connectivity index (χ2n) is 6.77. The van der Waals surface area contributed by atoms with Gasteiger partial charge in [0.2, 0.25) is 0 Å². The summed E-state index contributed by atoms with van der Waals surface area (Å²) in [6.45, 7) is 1.91. The minimum Gasteiger partial charge on any atom is -0.478 e. The number of aryl methyl sites for hydroxylation is 1. The second-order valence-corrected chi connectivity index (χ2v) is 7.20. The van der Waals surface area contributed by atoms with Crippen molar-refractivity contribution >= 4 is 41.1 Å². The Morgan fingerprint density at radius 1 is 0.839 bits per heavy atom. The van der Waals surface area contributed by atoms with Gasteiger partial charge in [-0.15, -0.1) is 0 Å². The zero-order valence-electron chi connectivity index (χ0n) is 16.6. The van der Waals surface area contributed by atoms with E-state index in [0.29, 0.717) is 21.8 Å². The Balaban J connectivity index is 1.86. The first kappa shape index (κ1) is 21.8. The fourth-order valence-electron chi connectivity index (χ4n) is 2.68. The molecular formula is C24H19ClN2O4. The Kier molecular flexibility index (Phi) is 6.85. The van der Waals surface area contributed by atoms with E-state index in [1.807, 2.05) is 19.1 Å². The average molecular weight is 435 g/mol. The van der Waals surface area contributed by atoms with Crippen LogP contribution < -0.4 is 10.6 Å².